The minimum absolute atomic E-state index is 0.0537. The van der Waals surface area contributed by atoms with Gasteiger partial charge in [-0.25, -0.2) is 0 Å². The molecule has 0 aliphatic carbocycles. The molecule has 2 amide bonds. The summed E-state index contributed by atoms with van der Waals surface area (Å²) in [7, 11) is 3.39. The largest absolute Gasteiger partial charge is 0.483 e. The second-order valence-corrected chi connectivity index (χ2v) is 9.64. The van der Waals surface area contributed by atoms with Gasteiger partial charge in [0.15, 0.2) is 6.61 Å². The van der Waals surface area contributed by atoms with E-state index in [-0.39, 0.29) is 24.5 Å². The summed E-state index contributed by atoms with van der Waals surface area (Å²) in [5.41, 5.74) is 2.91. The molecule has 1 atom stereocenters. The second-order valence-electron chi connectivity index (χ2n) is 8.61. The maximum absolute atomic E-state index is 13.3. The van der Waals surface area contributed by atoms with Crippen LogP contribution < -0.4 is 10.1 Å². The summed E-state index contributed by atoms with van der Waals surface area (Å²) in [4.78, 5) is 28.4. The number of thiophene rings is 1. The van der Waals surface area contributed by atoms with Crippen LogP contribution in [-0.2, 0) is 11.3 Å². The van der Waals surface area contributed by atoms with E-state index in [1.54, 1.807) is 14.1 Å². The zero-order valence-corrected chi connectivity index (χ0v) is 21.3. The van der Waals surface area contributed by atoms with Crippen LogP contribution in [0.3, 0.4) is 0 Å². The van der Waals surface area contributed by atoms with E-state index in [1.165, 1.54) is 16.2 Å². The molecule has 0 bridgehead atoms. The summed E-state index contributed by atoms with van der Waals surface area (Å²) in [5, 5.41) is 8.83. The first-order chi connectivity index (χ1) is 16.9. The van der Waals surface area contributed by atoms with Gasteiger partial charge in [0.25, 0.3) is 11.8 Å². The van der Waals surface area contributed by atoms with Crippen molar-refractivity contribution in [3.8, 4) is 5.75 Å². The molecule has 4 rings (SSSR count). The van der Waals surface area contributed by atoms with Gasteiger partial charge in [-0.15, -0.1) is 11.3 Å². The Labute approximate surface area is 209 Å². The van der Waals surface area contributed by atoms with Gasteiger partial charge in [0.05, 0.1) is 23.2 Å². The highest BCUT2D eigenvalue weighted by Crippen LogP contribution is 2.31. The lowest BCUT2D eigenvalue weighted by Crippen LogP contribution is -2.29. The van der Waals surface area contributed by atoms with Crippen molar-refractivity contribution in [2.75, 3.05) is 20.7 Å². The Morgan fingerprint density at radius 3 is 2.54 bits per heavy atom. The van der Waals surface area contributed by atoms with E-state index < -0.39 is 0 Å². The number of aromatic nitrogens is 2. The first-order valence-electron chi connectivity index (χ1n) is 11.6. The molecule has 2 aromatic heterocycles. The number of fused-ring (bicyclic) bond motifs is 1. The summed E-state index contributed by atoms with van der Waals surface area (Å²) in [6.07, 6.45) is 0.680. The molecule has 182 valence electrons. The molecule has 7 nitrogen and oxygen atoms in total. The number of aryl methyl sites for hydroxylation is 1. The summed E-state index contributed by atoms with van der Waals surface area (Å²) in [6.45, 7) is 4.58. The van der Waals surface area contributed by atoms with Crippen LogP contribution >= 0.6 is 11.3 Å². The molecular formula is C27H30N4O3S. The highest BCUT2D eigenvalue weighted by molar-refractivity contribution is 7.20. The monoisotopic (exact) mass is 490 g/mol. The number of amides is 2. The number of para-hydroxylation sites is 1. The fourth-order valence-electron chi connectivity index (χ4n) is 3.89. The van der Waals surface area contributed by atoms with Crippen LogP contribution in [0.5, 0.6) is 5.75 Å². The third-order valence-electron chi connectivity index (χ3n) is 5.86. The third-order valence-corrected chi connectivity index (χ3v) is 7.01. The molecule has 0 fully saturated rings. The smallest absolute Gasteiger partial charge is 0.261 e. The van der Waals surface area contributed by atoms with Gasteiger partial charge in [0.2, 0.25) is 0 Å². The SMILES string of the molecule is CCC(NC(=O)c1cc2c(C)nn(Cc3ccccc3)c2s1)c1ccccc1OCC(=O)N(C)C. The van der Waals surface area contributed by atoms with Crippen LogP contribution in [0.2, 0.25) is 0 Å². The summed E-state index contributed by atoms with van der Waals surface area (Å²) in [5.74, 6) is 0.338. The van der Waals surface area contributed by atoms with E-state index in [1.807, 2.05) is 67.1 Å². The second kappa shape index (κ2) is 10.7. The van der Waals surface area contributed by atoms with E-state index in [4.69, 9.17) is 4.74 Å². The van der Waals surface area contributed by atoms with Crippen LogP contribution in [0.1, 0.15) is 45.9 Å². The van der Waals surface area contributed by atoms with E-state index >= 15 is 0 Å². The molecule has 0 aliphatic rings. The number of ether oxygens (including phenoxy) is 1. The molecule has 2 aromatic carbocycles. The van der Waals surface area contributed by atoms with Gasteiger partial charge in [-0.2, -0.15) is 5.10 Å². The molecule has 1 N–H and O–H groups in total. The zero-order chi connectivity index (χ0) is 24.9. The average Bonchev–Trinajstić information content (AvgIpc) is 3.43. The predicted octanol–water partition coefficient (Wildman–Crippen LogP) is 4.80. The predicted molar refractivity (Wildman–Crippen MR) is 139 cm³/mol. The molecule has 0 saturated heterocycles. The minimum atomic E-state index is -0.250. The van der Waals surface area contributed by atoms with Crippen LogP contribution in [0.15, 0.2) is 60.7 Å². The lowest BCUT2D eigenvalue weighted by Gasteiger charge is -2.21. The van der Waals surface area contributed by atoms with Crippen LogP contribution in [0, 0.1) is 6.92 Å². The Morgan fingerprint density at radius 2 is 1.83 bits per heavy atom. The van der Waals surface area contributed by atoms with Crippen LogP contribution in [-0.4, -0.2) is 47.2 Å². The van der Waals surface area contributed by atoms with Crippen molar-refractivity contribution in [3.05, 3.63) is 82.4 Å². The van der Waals surface area contributed by atoms with Crippen molar-refractivity contribution in [2.45, 2.75) is 32.9 Å². The highest BCUT2D eigenvalue weighted by atomic mass is 32.1. The topological polar surface area (TPSA) is 76.5 Å². The summed E-state index contributed by atoms with van der Waals surface area (Å²) in [6, 6.07) is 19.4. The Kier molecular flexibility index (Phi) is 7.51. The first kappa shape index (κ1) is 24.5. The van der Waals surface area contributed by atoms with Crippen molar-refractivity contribution < 1.29 is 14.3 Å². The lowest BCUT2D eigenvalue weighted by molar-refractivity contribution is -0.130. The number of nitrogens with zero attached hydrogens (tertiary/aromatic N) is 3. The molecule has 0 spiro atoms. The number of hydrogen-bond donors (Lipinski definition) is 1. The minimum Gasteiger partial charge on any atom is -0.483 e. The van der Waals surface area contributed by atoms with E-state index in [9.17, 15) is 9.59 Å². The maximum Gasteiger partial charge on any atom is 0.261 e. The van der Waals surface area contributed by atoms with Gasteiger partial charge in [-0.3, -0.25) is 14.3 Å². The van der Waals surface area contributed by atoms with E-state index in [0.29, 0.717) is 23.6 Å². The summed E-state index contributed by atoms with van der Waals surface area (Å²) < 4.78 is 7.76. The van der Waals surface area contributed by atoms with E-state index in [0.717, 1.165) is 27.0 Å². The number of carbonyl (C=O) groups is 2. The van der Waals surface area contributed by atoms with Gasteiger partial charge >= 0.3 is 0 Å². The molecule has 1 unspecified atom stereocenters. The number of rotatable bonds is 9. The molecule has 0 aliphatic heterocycles. The fourth-order valence-corrected chi connectivity index (χ4v) is 4.95. The van der Waals surface area contributed by atoms with Crippen molar-refractivity contribution >= 4 is 33.4 Å². The van der Waals surface area contributed by atoms with Gasteiger partial charge in [-0.05, 0) is 31.0 Å². The Balaban J connectivity index is 1.53. The average molecular weight is 491 g/mol. The van der Waals surface area contributed by atoms with E-state index in [2.05, 4.69) is 22.5 Å². The van der Waals surface area contributed by atoms with Crippen LogP contribution in [0.4, 0.5) is 0 Å². The maximum atomic E-state index is 13.3. The van der Waals surface area contributed by atoms with Crippen molar-refractivity contribution in [2.24, 2.45) is 0 Å². The Bertz CT molecular complexity index is 1330. The highest BCUT2D eigenvalue weighted by Gasteiger charge is 2.21. The molecule has 4 aromatic rings. The fraction of sp³-hybridized carbons (Fsp3) is 0.296. The summed E-state index contributed by atoms with van der Waals surface area (Å²) >= 11 is 1.45. The molecule has 2 heterocycles. The number of carbonyl (C=O) groups excluding carboxylic acids is 2. The number of hydrogen-bond acceptors (Lipinski definition) is 5. The quantitative estimate of drug-likeness (QED) is 0.366. The Hall–Kier alpha value is -3.65. The van der Waals surface area contributed by atoms with Gasteiger partial charge in [-0.1, -0.05) is 55.5 Å². The van der Waals surface area contributed by atoms with Crippen LogP contribution in [0.25, 0.3) is 10.2 Å². The number of benzene rings is 2. The lowest BCUT2D eigenvalue weighted by atomic mass is 10.0. The normalized spacial score (nSPS) is 11.9. The molecule has 0 saturated carbocycles. The molecule has 0 radical (unpaired) electrons. The number of nitrogens with one attached hydrogen (secondary N) is 1. The zero-order valence-electron chi connectivity index (χ0n) is 20.4. The van der Waals surface area contributed by atoms with Gasteiger partial charge in [0.1, 0.15) is 10.6 Å². The number of likely N-dealkylation sites (N-methyl/N-ethyl adjacent to an activating group) is 1. The Morgan fingerprint density at radius 1 is 1.11 bits per heavy atom. The molecule has 8 heteroatoms. The molecular weight excluding hydrogens is 460 g/mol. The first-order valence-corrected chi connectivity index (χ1v) is 12.4. The van der Waals surface area contributed by atoms with Gasteiger partial charge in [0, 0.05) is 25.0 Å². The third kappa shape index (κ3) is 5.54. The van der Waals surface area contributed by atoms with Gasteiger partial charge < -0.3 is 15.0 Å². The van der Waals surface area contributed by atoms with Crippen molar-refractivity contribution in [3.63, 3.8) is 0 Å². The standard InChI is InChI=1S/C27H30N4O3S/c1-5-22(20-13-9-10-14-23(20)34-17-25(32)30(3)4)28-26(33)24-15-21-18(2)29-31(27(21)35-24)16-19-11-7-6-8-12-19/h6-15,22H,5,16-17H2,1-4H3,(H,28,33). The van der Waals surface area contributed by atoms with Crippen molar-refractivity contribution in [1.82, 2.24) is 20.0 Å². The molecule has 35 heavy (non-hydrogen) atoms. The van der Waals surface area contributed by atoms with Crippen molar-refractivity contribution in [1.29, 1.82) is 0 Å².